The van der Waals surface area contributed by atoms with Gasteiger partial charge in [0.2, 0.25) is 0 Å². The van der Waals surface area contributed by atoms with Crippen molar-refractivity contribution in [1.82, 2.24) is 0 Å². The first kappa shape index (κ1) is 14.7. The number of rotatable bonds is 4. The van der Waals surface area contributed by atoms with Gasteiger partial charge in [0.15, 0.2) is 0 Å². The minimum atomic E-state index is -0.957. The van der Waals surface area contributed by atoms with Crippen LogP contribution in [0.3, 0.4) is 0 Å². The third kappa shape index (κ3) is 2.91. The van der Waals surface area contributed by atoms with Crippen molar-refractivity contribution in [2.45, 2.75) is 40.7 Å². The Hall–Kier alpha value is -1.35. The summed E-state index contributed by atoms with van der Waals surface area (Å²) in [6.45, 7) is 9.52. The molecule has 0 aliphatic heterocycles. The van der Waals surface area contributed by atoms with E-state index in [-0.39, 0.29) is 5.92 Å². The zero-order valence-electron chi connectivity index (χ0n) is 11.7. The molecule has 1 aromatic carbocycles. The number of carbonyl (C=O) groups is 1. The van der Waals surface area contributed by atoms with Crippen LogP contribution in [0.1, 0.15) is 42.2 Å². The molecule has 0 amide bonds. The molecule has 2 atom stereocenters. The first-order valence-corrected chi connectivity index (χ1v) is 6.24. The van der Waals surface area contributed by atoms with Gasteiger partial charge >= 0.3 is 5.97 Å². The molecule has 0 heterocycles. The smallest absolute Gasteiger partial charge is 0.309 e. The molecular formula is C15H22O3. The van der Waals surface area contributed by atoms with Gasteiger partial charge in [-0.1, -0.05) is 26.0 Å². The number of carboxylic acids is 1. The van der Waals surface area contributed by atoms with Crippen LogP contribution < -0.4 is 0 Å². The molecule has 100 valence electrons. The van der Waals surface area contributed by atoms with E-state index in [1.54, 1.807) is 0 Å². The van der Waals surface area contributed by atoms with Crippen molar-refractivity contribution in [1.29, 1.82) is 0 Å². The van der Waals surface area contributed by atoms with Crippen LogP contribution in [0, 0.1) is 32.6 Å². The molecule has 0 aromatic heterocycles. The molecule has 0 radical (unpaired) electrons. The fraction of sp³-hybridized carbons (Fsp3) is 0.533. The lowest BCUT2D eigenvalue weighted by Crippen LogP contribution is -2.27. The molecule has 0 aliphatic rings. The summed E-state index contributed by atoms with van der Waals surface area (Å²) in [5.74, 6) is -1.83. The van der Waals surface area contributed by atoms with Crippen LogP contribution >= 0.6 is 0 Å². The van der Waals surface area contributed by atoms with E-state index in [2.05, 4.69) is 0 Å². The molecule has 0 fully saturated rings. The van der Waals surface area contributed by atoms with Gasteiger partial charge in [0, 0.05) is 0 Å². The second-order valence-electron chi connectivity index (χ2n) is 5.35. The van der Waals surface area contributed by atoms with E-state index in [1.165, 1.54) is 0 Å². The highest BCUT2D eigenvalue weighted by atomic mass is 16.4. The number of hydrogen-bond donors (Lipinski definition) is 2. The Kier molecular flexibility index (Phi) is 4.52. The standard InChI is InChI=1S/C15H22O3/c1-8(2)13(15(17)18)14(16)12-7-10(4)9(3)6-11(12)5/h6-8,13-14,16H,1-5H3,(H,17,18). The quantitative estimate of drug-likeness (QED) is 0.863. The summed E-state index contributed by atoms with van der Waals surface area (Å²) in [6, 6.07) is 3.89. The van der Waals surface area contributed by atoms with E-state index in [1.807, 2.05) is 46.8 Å². The number of aryl methyl sites for hydroxylation is 3. The highest BCUT2D eigenvalue weighted by Gasteiger charge is 2.31. The lowest BCUT2D eigenvalue weighted by atomic mass is 9.84. The summed E-state index contributed by atoms with van der Waals surface area (Å²) in [5, 5.41) is 19.6. The van der Waals surface area contributed by atoms with Crippen molar-refractivity contribution in [3.63, 3.8) is 0 Å². The third-order valence-electron chi connectivity index (χ3n) is 3.54. The largest absolute Gasteiger partial charge is 0.481 e. The maximum Gasteiger partial charge on any atom is 0.309 e. The van der Waals surface area contributed by atoms with Crippen molar-refractivity contribution in [3.05, 3.63) is 34.4 Å². The van der Waals surface area contributed by atoms with Gasteiger partial charge in [-0.25, -0.2) is 0 Å². The van der Waals surface area contributed by atoms with Crippen molar-refractivity contribution in [3.8, 4) is 0 Å². The highest BCUT2D eigenvalue weighted by Crippen LogP contribution is 2.31. The molecule has 0 bridgehead atoms. The molecule has 3 nitrogen and oxygen atoms in total. The third-order valence-corrected chi connectivity index (χ3v) is 3.54. The van der Waals surface area contributed by atoms with Gasteiger partial charge in [-0.05, 0) is 48.9 Å². The molecule has 18 heavy (non-hydrogen) atoms. The van der Waals surface area contributed by atoms with Gasteiger partial charge in [-0.15, -0.1) is 0 Å². The van der Waals surface area contributed by atoms with Crippen LogP contribution in [0.2, 0.25) is 0 Å². The summed E-state index contributed by atoms with van der Waals surface area (Å²) in [5.41, 5.74) is 3.89. The Bertz CT molecular complexity index is 449. The molecule has 0 saturated carbocycles. The molecule has 0 saturated heterocycles. The van der Waals surface area contributed by atoms with Gasteiger partial charge in [0.25, 0.3) is 0 Å². The van der Waals surface area contributed by atoms with Crippen molar-refractivity contribution in [2.24, 2.45) is 11.8 Å². The molecule has 2 unspecified atom stereocenters. The Morgan fingerprint density at radius 3 is 2.00 bits per heavy atom. The molecule has 0 aliphatic carbocycles. The number of aliphatic hydroxyl groups excluding tert-OH is 1. The van der Waals surface area contributed by atoms with E-state index in [0.717, 1.165) is 22.3 Å². The zero-order valence-corrected chi connectivity index (χ0v) is 11.7. The first-order chi connectivity index (χ1) is 8.25. The van der Waals surface area contributed by atoms with Crippen LogP contribution in [-0.4, -0.2) is 16.2 Å². The summed E-state index contributed by atoms with van der Waals surface area (Å²) in [4.78, 5) is 11.3. The van der Waals surface area contributed by atoms with Crippen molar-refractivity contribution >= 4 is 5.97 Å². The van der Waals surface area contributed by atoms with Gasteiger partial charge < -0.3 is 10.2 Å². The van der Waals surface area contributed by atoms with Crippen LogP contribution in [0.4, 0.5) is 0 Å². The number of carboxylic acid groups (broad SMARTS) is 1. The van der Waals surface area contributed by atoms with Crippen molar-refractivity contribution < 1.29 is 15.0 Å². The van der Waals surface area contributed by atoms with Crippen LogP contribution in [-0.2, 0) is 4.79 Å². The molecular weight excluding hydrogens is 228 g/mol. The maximum absolute atomic E-state index is 11.3. The maximum atomic E-state index is 11.3. The molecule has 3 heteroatoms. The molecule has 0 spiro atoms. The number of hydrogen-bond acceptors (Lipinski definition) is 2. The fourth-order valence-corrected chi connectivity index (χ4v) is 2.28. The van der Waals surface area contributed by atoms with Crippen molar-refractivity contribution in [2.75, 3.05) is 0 Å². The second-order valence-corrected chi connectivity index (χ2v) is 5.35. The Balaban J connectivity index is 3.20. The lowest BCUT2D eigenvalue weighted by Gasteiger charge is -2.24. The van der Waals surface area contributed by atoms with E-state index in [0.29, 0.717) is 0 Å². The summed E-state index contributed by atoms with van der Waals surface area (Å²) in [7, 11) is 0. The van der Waals surface area contributed by atoms with E-state index in [4.69, 9.17) is 0 Å². The number of aliphatic hydroxyl groups is 1. The predicted molar refractivity (Wildman–Crippen MR) is 71.6 cm³/mol. The summed E-state index contributed by atoms with van der Waals surface area (Å²) >= 11 is 0. The predicted octanol–water partition coefficient (Wildman–Crippen LogP) is 3.00. The summed E-state index contributed by atoms with van der Waals surface area (Å²) in [6.07, 6.45) is -0.957. The Labute approximate surface area is 108 Å². The average molecular weight is 250 g/mol. The van der Waals surface area contributed by atoms with Crippen LogP contribution in [0.5, 0.6) is 0 Å². The normalized spacial score (nSPS) is 14.6. The Morgan fingerprint density at radius 2 is 1.56 bits per heavy atom. The van der Waals surface area contributed by atoms with Gasteiger partial charge in [0.1, 0.15) is 0 Å². The lowest BCUT2D eigenvalue weighted by molar-refractivity contribution is -0.148. The minimum Gasteiger partial charge on any atom is -0.481 e. The first-order valence-electron chi connectivity index (χ1n) is 6.24. The van der Waals surface area contributed by atoms with Crippen LogP contribution in [0.15, 0.2) is 12.1 Å². The number of aliphatic carboxylic acids is 1. The zero-order chi connectivity index (χ0) is 14.0. The summed E-state index contributed by atoms with van der Waals surface area (Å²) < 4.78 is 0. The fourth-order valence-electron chi connectivity index (χ4n) is 2.28. The molecule has 2 N–H and O–H groups in total. The van der Waals surface area contributed by atoms with Gasteiger partial charge in [-0.3, -0.25) is 4.79 Å². The SMILES string of the molecule is Cc1cc(C)c(C(O)C(C(=O)O)C(C)C)cc1C. The minimum absolute atomic E-state index is 0.112. The second kappa shape index (κ2) is 5.53. The molecule has 1 rings (SSSR count). The average Bonchev–Trinajstić information content (AvgIpc) is 2.22. The van der Waals surface area contributed by atoms with E-state index in [9.17, 15) is 15.0 Å². The monoisotopic (exact) mass is 250 g/mol. The van der Waals surface area contributed by atoms with Gasteiger partial charge in [-0.2, -0.15) is 0 Å². The highest BCUT2D eigenvalue weighted by molar-refractivity contribution is 5.71. The number of benzene rings is 1. The van der Waals surface area contributed by atoms with Crippen LogP contribution in [0.25, 0.3) is 0 Å². The van der Waals surface area contributed by atoms with E-state index >= 15 is 0 Å². The topological polar surface area (TPSA) is 57.5 Å². The Morgan fingerprint density at radius 1 is 1.06 bits per heavy atom. The van der Waals surface area contributed by atoms with E-state index < -0.39 is 18.0 Å². The van der Waals surface area contributed by atoms with Gasteiger partial charge in [0.05, 0.1) is 12.0 Å². The molecule has 1 aromatic rings.